The second-order valence-corrected chi connectivity index (χ2v) is 36.3. The van der Waals surface area contributed by atoms with Crippen LogP contribution in [0.25, 0.3) is 0 Å². The largest absolute Gasteiger partial charge is 0.345 e. The molecule has 20 nitrogen and oxygen atoms in total. The smallest absolute Gasteiger partial charge is 0.251 e. The number of amides is 4. The zero-order valence-corrected chi connectivity index (χ0v) is 63.2. The number of carbonyl (C=O) groups excluding carboxylic acids is 4. The zero-order valence-electron chi connectivity index (χ0n) is 60.0. The molecule has 4 atom stereocenters. The molecule has 2 saturated carbocycles. The van der Waals surface area contributed by atoms with Crippen molar-refractivity contribution >= 4 is 86.5 Å². The second kappa shape index (κ2) is 31.9. The number of fused-ring (bicyclic) bond motifs is 4. The van der Waals surface area contributed by atoms with Crippen molar-refractivity contribution in [3.8, 4) is 0 Å². The lowest BCUT2D eigenvalue weighted by atomic mass is 10.1. The number of hydrogen-bond donors (Lipinski definition) is 6. The molecule has 2 fully saturated rings. The first-order valence-electron chi connectivity index (χ1n) is 35.5. The summed E-state index contributed by atoms with van der Waals surface area (Å²) in [6.07, 6.45) is 10.4. The number of anilines is 4. The molecule has 0 bridgehead atoms. The fourth-order valence-corrected chi connectivity index (χ4v) is 18.0. The van der Waals surface area contributed by atoms with Crippen LogP contribution in [0.1, 0.15) is 198 Å². The average Bonchev–Trinajstić information content (AvgIpc) is 1.74. The molecular formula is C80H92N8O12S4. The van der Waals surface area contributed by atoms with E-state index in [0.717, 1.165) is 77.0 Å². The summed E-state index contributed by atoms with van der Waals surface area (Å²) in [5.41, 5.74) is 19.1. The molecule has 0 saturated heterocycles. The van der Waals surface area contributed by atoms with Crippen LogP contribution in [0.5, 0.6) is 0 Å². The highest BCUT2D eigenvalue weighted by molar-refractivity contribution is 7.94. The van der Waals surface area contributed by atoms with Gasteiger partial charge in [-0.25, -0.2) is 33.7 Å². The van der Waals surface area contributed by atoms with Crippen LogP contribution in [0.15, 0.2) is 170 Å². The fourth-order valence-electron chi connectivity index (χ4n) is 13.5. The first-order chi connectivity index (χ1) is 49.5. The van der Waals surface area contributed by atoms with E-state index in [9.17, 15) is 52.8 Å². The van der Waals surface area contributed by atoms with Gasteiger partial charge in [0.05, 0.1) is 57.5 Å². The topological polar surface area (TPSA) is 284 Å². The highest BCUT2D eigenvalue weighted by Crippen LogP contribution is 2.38. The number of sulfonamides is 4. The first-order valence-corrected chi connectivity index (χ1v) is 41.8. The van der Waals surface area contributed by atoms with E-state index in [4.69, 9.17) is 0 Å². The summed E-state index contributed by atoms with van der Waals surface area (Å²) in [5.74, 6) is -0.519. The summed E-state index contributed by atoms with van der Waals surface area (Å²) < 4.78 is 103. The van der Waals surface area contributed by atoms with Crippen molar-refractivity contribution in [2.45, 2.75) is 153 Å². The van der Waals surface area contributed by atoms with Crippen LogP contribution < -0.4 is 39.3 Å². The third kappa shape index (κ3) is 18.6. The van der Waals surface area contributed by atoms with Gasteiger partial charge >= 0.3 is 0 Å². The summed E-state index contributed by atoms with van der Waals surface area (Å²) in [5, 5.41) is 11.8. The summed E-state index contributed by atoms with van der Waals surface area (Å²) in [4.78, 5) is 50.2. The van der Waals surface area contributed by atoms with E-state index in [0.29, 0.717) is 45.0 Å². The van der Waals surface area contributed by atoms with E-state index in [1.165, 1.54) is 82.4 Å². The van der Waals surface area contributed by atoms with Gasteiger partial charge in [-0.3, -0.25) is 37.2 Å². The van der Waals surface area contributed by atoms with Crippen LogP contribution in [0.2, 0.25) is 0 Å². The number of carbonyl (C=O) groups is 4. The Morgan fingerprint density at radius 2 is 0.644 bits per heavy atom. The third-order valence-corrected chi connectivity index (χ3v) is 27.2. The molecule has 548 valence electrons. The standard InChI is InChI=1S/C21H24N2O3S.C20H22N2O3S.C20H24N2O3S.C19H22N2O3S/c1-14-3-11-19-16(13-14)6-12-20(19)22-21(24)15-4-7-17(8-5-15)23(2)27(25,26)18-9-10-18;1-13-2-10-18-15(12-13)5-11-19(18)21-20(23)14-3-6-16(7-4-14)22-26(24,25)17-8-9-17;1-4-26(24,25)22(3)17-9-6-15(7-10-17)20(23)21-19-12-8-16-13-14(2)5-11-18(16)19;1-3-25(23,24)21-16-8-5-14(6-9-16)19(22)20-18-11-7-15-12-13(2)4-10-17(15)18/h3-5,7-8,11,13,18,20H,6,9-10,12H2,1-2H3,(H,22,24);2-4,6-7,10,12,17,19,22H,5,8-9,11H2,1H3,(H,21,23);5-7,9-11,13,19H,4,8,12H2,1-3H3,(H,21,23);4-6,8-10,12,18,21H,3,7,11H2,1-2H3,(H,20,22)/t20-;2*19-;18-/m0000/s1. The third-order valence-electron chi connectivity index (χ3n) is 20.0. The minimum absolute atomic E-state index is 0.00972. The van der Waals surface area contributed by atoms with Crippen molar-refractivity contribution in [2.75, 3.05) is 43.7 Å². The molecule has 8 aromatic carbocycles. The van der Waals surface area contributed by atoms with Gasteiger partial charge in [0.2, 0.25) is 40.1 Å². The Hall–Kier alpha value is -9.36. The van der Waals surface area contributed by atoms with Gasteiger partial charge in [-0.15, -0.1) is 0 Å². The fraction of sp³-hybridized carbons (Fsp3) is 0.350. The molecule has 8 aromatic rings. The normalized spacial score (nSPS) is 17.6. The van der Waals surface area contributed by atoms with Crippen LogP contribution in [-0.2, 0) is 65.8 Å². The molecule has 0 spiro atoms. The van der Waals surface area contributed by atoms with Crippen LogP contribution >= 0.6 is 0 Å². The highest BCUT2D eigenvalue weighted by Gasteiger charge is 2.39. The highest BCUT2D eigenvalue weighted by atomic mass is 32.2. The lowest BCUT2D eigenvalue weighted by Crippen LogP contribution is -2.30. The van der Waals surface area contributed by atoms with E-state index in [1.54, 1.807) is 118 Å². The Morgan fingerprint density at radius 3 is 0.933 bits per heavy atom. The van der Waals surface area contributed by atoms with Gasteiger partial charge in [-0.05, 0) is 260 Å². The summed E-state index contributed by atoms with van der Waals surface area (Å²) >= 11 is 0. The number of benzene rings is 8. The number of aryl methyl sites for hydroxylation is 8. The van der Waals surface area contributed by atoms with Crippen LogP contribution in [0.4, 0.5) is 22.7 Å². The molecule has 0 heterocycles. The van der Waals surface area contributed by atoms with E-state index >= 15 is 0 Å². The van der Waals surface area contributed by atoms with E-state index < -0.39 is 40.1 Å². The van der Waals surface area contributed by atoms with Gasteiger partial charge in [-0.2, -0.15) is 0 Å². The molecule has 0 aliphatic heterocycles. The Bertz CT molecular complexity index is 4980. The lowest BCUT2D eigenvalue weighted by Gasteiger charge is -2.19. The maximum absolute atomic E-state index is 12.6. The first kappa shape index (κ1) is 75.8. The van der Waals surface area contributed by atoms with Gasteiger partial charge in [0, 0.05) is 47.7 Å². The molecule has 24 heteroatoms. The van der Waals surface area contributed by atoms with Crippen molar-refractivity contribution in [2.24, 2.45) is 0 Å². The molecule has 6 aliphatic carbocycles. The van der Waals surface area contributed by atoms with E-state index in [2.05, 4.69) is 131 Å². The molecule has 14 rings (SSSR count). The van der Waals surface area contributed by atoms with E-state index in [-0.39, 0.29) is 69.8 Å². The van der Waals surface area contributed by atoms with Crippen LogP contribution in [0, 0.1) is 27.7 Å². The molecule has 104 heavy (non-hydrogen) atoms. The van der Waals surface area contributed by atoms with Gasteiger partial charge in [0.15, 0.2) is 0 Å². The predicted octanol–water partition coefficient (Wildman–Crippen LogP) is 13.0. The van der Waals surface area contributed by atoms with E-state index in [1.807, 2.05) is 0 Å². The Kier molecular flexibility index (Phi) is 23.3. The summed E-state index contributed by atoms with van der Waals surface area (Å²) in [7, 11) is -10.1. The van der Waals surface area contributed by atoms with Crippen molar-refractivity contribution in [3.63, 3.8) is 0 Å². The molecule has 6 N–H and O–H groups in total. The molecule has 0 unspecified atom stereocenters. The molecular weight excluding hydrogens is 1390 g/mol. The minimum Gasteiger partial charge on any atom is -0.345 e. The Balaban J connectivity index is 0.000000139. The molecule has 4 amide bonds. The van der Waals surface area contributed by atoms with Gasteiger partial charge in [0.25, 0.3) is 23.6 Å². The Morgan fingerprint density at radius 1 is 0.356 bits per heavy atom. The van der Waals surface area contributed by atoms with Crippen molar-refractivity contribution in [1.29, 1.82) is 0 Å². The van der Waals surface area contributed by atoms with Crippen molar-refractivity contribution in [3.05, 3.63) is 259 Å². The predicted molar refractivity (Wildman–Crippen MR) is 411 cm³/mol. The number of nitrogens with one attached hydrogen (secondary N) is 6. The van der Waals surface area contributed by atoms with Gasteiger partial charge < -0.3 is 21.3 Å². The lowest BCUT2D eigenvalue weighted by molar-refractivity contribution is 0.0928. The number of rotatable bonds is 20. The summed E-state index contributed by atoms with van der Waals surface area (Å²) in [6, 6.07) is 52.0. The Labute approximate surface area is 612 Å². The molecule has 6 aliphatic rings. The number of nitrogens with zero attached hydrogens (tertiary/aromatic N) is 2. The van der Waals surface area contributed by atoms with Crippen LogP contribution in [-0.4, -0.2) is 93.4 Å². The van der Waals surface area contributed by atoms with Crippen LogP contribution in [0.3, 0.4) is 0 Å². The van der Waals surface area contributed by atoms with Crippen molar-refractivity contribution in [1.82, 2.24) is 21.3 Å². The number of hydrogen-bond acceptors (Lipinski definition) is 12. The maximum atomic E-state index is 12.6. The zero-order chi connectivity index (χ0) is 74.4. The SMILES string of the molecule is CCS(=O)(=O)N(C)c1ccc(C(=O)N[C@H]2CCc3cc(C)ccc32)cc1.CCS(=O)(=O)Nc1ccc(C(=O)N[C@H]2CCc3cc(C)ccc32)cc1.Cc1ccc2c(c1)CC[C@@H]2NC(=O)c1ccc(N(C)S(=O)(=O)C2CC2)cc1.Cc1ccc2c(c1)CC[C@@H]2NC(=O)c1ccc(NS(=O)(=O)C2CC2)cc1. The molecule has 0 radical (unpaired) electrons. The van der Waals surface area contributed by atoms with Gasteiger partial charge in [-0.1, -0.05) is 95.1 Å². The quantitative estimate of drug-likeness (QED) is 0.0415. The summed E-state index contributed by atoms with van der Waals surface area (Å²) in [6.45, 7) is 11.5. The average molecular weight is 1490 g/mol. The maximum Gasteiger partial charge on any atom is 0.251 e. The van der Waals surface area contributed by atoms with Crippen molar-refractivity contribution < 1.29 is 52.8 Å². The van der Waals surface area contributed by atoms with Gasteiger partial charge in [0.1, 0.15) is 0 Å². The minimum atomic E-state index is -3.31. The second-order valence-electron chi connectivity index (χ2n) is 27.7. The monoisotopic (exact) mass is 1480 g/mol. The molecule has 0 aromatic heterocycles.